The van der Waals surface area contributed by atoms with Crippen molar-refractivity contribution >= 4 is 56.2 Å². The minimum Gasteiger partial charge on any atom is -0.490 e. The standard InChI is InChI=1S/C17H20BrNO4S2/c1-4-22-13-9-11(8-12(18)15(13)23-5-2)10-14-16(20)19(6-7-21-3)17(24)25-14/h8-10H,4-7H2,1-3H3/b14-10+. The molecule has 0 saturated carbocycles. The minimum atomic E-state index is -0.102. The summed E-state index contributed by atoms with van der Waals surface area (Å²) in [5.74, 6) is 1.20. The molecule has 0 N–H and O–H groups in total. The number of halogens is 1. The van der Waals surface area contributed by atoms with E-state index in [0.717, 1.165) is 10.0 Å². The van der Waals surface area contributed by atoms with E-state index in [1.165, 1.54) is 11.8 Å². The Hall–Kier alpha value is -1.09. The molecule has 0 aromatic heterocycles. The summed E-state index contributed by atoms with van der Waals surface area (Å²) in [7, 11) is 1.60. The summed E-state index contributed by atoms with van der Waals surface area (Å²) in [5, 5.41) is 0. The van der Waals surface area contributed by atoms with E-state index in [4.69, 9.17) is 26.4 Å². The van der Waals surface area contributed by atoms with Crippen molar-refractivity contribution in [2.45, 2.75) is 13.8 Å². The number of thioether (sulfide) groups is 1. The van der Waals surface area contributed by atoms with E-state index >= 15 is 0 Å². The fourth-order valence-corrected chi connectivity index (χ4v) is 4.13. The van der Waals surface area contributed by atoms with Crippen LogP contribution in [0.4, 0.5) is 0 Å². The number of thiocarbonyl (C=S) groups is 1. The van der Waals surface area contributed by atoms with E-state index in [1.807, 2.05) is 32.1 Å². The Morgan fingerprint density at radius 1 is 1.28 bits per heavy atom. The second-order valence-corrected chi connectivity index (χ2v) is 7.55. The van der Waals surface area contributed by atoms with Gasteiger partial charge in [0.2, 0.25) is 0 Å². The quantitative estimate of drug-likeness (QED) is 0.443. The maximum absolute atomic E-state index is 12.5. The Kier molecular flexibility index (Phi) is 7.74. The Balaban J connectivity index is 2.31. The predicted octanol–water partition coefficient (Wildman–Crippen LogP) is 4.09. The van der Waals surface area contributed by atoms with Crippen molar-refractivity contribution in [1.82, 2.24) is 4.90 Å². The lowest BCUT2D eigenvalue weighted by Gasteiger charge is -2.14. The maximum atomic E-state index is 12.5. The Labute approximate surface area is 165 Å². The number of carbonyl (C=O) groups excluding carboxylic acids is 1. The fraction of sp³-hybridized carbons (Fsp3) is 0.412. The van der Waals surface area contributed by atoms with E-state index in [2.05, 4.69) is 15.9 Å². The van der Waals surface area contributed by atoms with Gasteiger partial charge in [-0.05, 0) is 53.5 Å². The van der Waals surface area contributed by atoms with Crippen molar-refractivity contribution < 1.29 is 19.0 Å². The third kappa shape index (κ3) is 4.97. The molecular weight excluding hydrogens is 426 g/mol. The van der Waals surface area contributed by atoms with Gasteiger partial charge in [-0.2, -0.15) is 0 Å². The van der Waals surface area contributed by atoms with Crippen LogP contribution in [0.3, 0.4) is 0 Å². The number of methoxy groups -OCH3 is 1. The largest absolute Gasteiger partial charge is 0.490 e. The summed E-state index contributed by atoms with van der Waals surface area (Å²) in [5.41, 5.74) is 0.839. The van der Waals surface area contributed by atoms with Gasteiger partial charge in [0.05, 0.1) is 35.7 Å². The van der Waals surface area contributed by atoms with Crippen LogP contribution in [0.15, 0.2) is 21.5 Å². The number of hydrogen-bond donors (Lipinski definition) is 0. The highest BCUT2D eigenvalue weighted by molar-refractivity contribution is 9.10. The number of carbonyl (C=O) groups is 1. The van der Waals surface area contributed by atoms with Gasteiger partial charge in [0.25, 0.3) is 5.91 Å². The van der Waals surface area contributed by atoms with Gasteiger partial charge in [0.15, 0.2) is 11.5 Å². The number of nitrogens with zero attached hydrogens (tertiary/aromatic N) is 1. The highest BCUT2D eigenvalue weighted by Gasteiger charge is 2.31. The summed E-state index contributed by atoms with van der Waals surface area (Å²) in [6, 6.07) is 3.76. The van der Waals surface area contributed by atoms with Crippen LogP contribution in [0.25, 0.3) is 6.08 Å². The smallest absolute Gasteiger partial charge is 0.266 e. The molecule has 1 aromatic carbocycles. The number of hydrogen-bond acceptors (Lipinski definition) is 6. The third-order valence-electron chi connectivity index (χ3n) is 3.31. The highest BCUT2D eigenvalue weighted by atomic mass is 79.9. The van der Waals surface area contributed by atoms with Gasteiger partial charge in [-0.25, -0.2) is 0 Å². The second kappa shape index (κ2) is 9.56. The van der Waals surface area contributed by atoms with Gasteiger partial charge >= 0.3 is 0 Å². The zero-order valence-corrected chi connectivity index (χ0v) is 17.6. The zero-order valence-electron chi connectivity index (χ0n) is 14.3. The molecule has 0 bridgehead atoms. The fourth-order valence-electron chi connectivity index (χ4n) is 2.25. The van der Waals surface area contributed by atoms with Gasteiger partial charge < -0.3 is 14.2 Å². The molecule has 1 aliphatic rings. The molecule has 0 radical (unpaired) electrons. The molecule has 5 nitrogen and oxygen atoms in total. The van der Waals surface area contributed by atoms with Crippen molar-refractivity contribution in [3.63, 3.8) is 0 Å². The van der Waals surface area contributed by atoms with Crippen LogP contribution in [-0.2, 0) is 9.53 Å². The Bertz CT molecular complexity index is 693. The predicted molar refractivity (Wildman–Crippen MR) is 108 cm³/mol. The van der Waals surface area contributed by atoms with Crippen molar-refractivity contribution in [2.75, 3.05) is 33.5 Å². The molecule has 25 heavy (non-hydrogen) atoms. The molecule has 1 saturated heterocycles. The first kappa shape index (κ1) is 20.2. The molecule has 0 aliphatic carbocycles. The normalized spacial score (nSPS) is 16.0. The van der Waals surface area contributed by atoms with E-state index < -0.39 is 0 Å². The first-order chi connectivity index (χ1) is 12.0. The summed E-state index contributed by atoms with van der Waals surface area (Å²) in [6.45, 7) is 5.79. The Morgan fingerprint density at radius 3 is 2.64 bits per heavy atom. The van der Waals surface area contributed by atoms with Crippen LogP contribution in [-0.4, -0.2) is 48.6 Å². The lowest BCUT2D eigenvalue weighted by molar-refractivity contribution is -0.122. The minimum absolute atomic E-state index is 0.102. The van der Waals surface area contributed by atoms with Crippen molar-refractivity contribution in [3.05, 3.63) is 27.1 Å². The molecule has 1 heterocycles. The maximum Gasteiger partial charge on any atom is 0.266 e. The monoisotopic (exact) mass is 445 g/mol. The van der Waals surface area contributed by atoms with Crippen LogP contribution in [0.5, 0.6) is 11.5 Å². The molecule has 0 unspecified atom stereocenters. The second-order valence-electron chi connectivity index (χ2n) is 5.02. The molecule has 1 aliphatic heterocycles. The number of ether oxygens (including phenoxy) is 3. The van der Waals surface area contributed by atoms with Crippen molar-refractivity contribution in [3.8, 4) is 11.5 Å². The topological polar surface area (TPSA) is 48.0 Å². The van der Waals surface area contributed by atoms with Crippen molar-refractivity contribution in [2.24, 2.45) is 0 Å². The van der Waals surface area contributed by atoms with Gasteiger partial charge in [-0.1, -0.05) is 24.0 Å². The first-order valence-corrected chi connectivity index (χ1v) is 9.87. The van der Waals surface area contributed by atoms with E-state index in [0.29, 0.717) is 47.1 Å². The Morgan fingerprint density at radius 2 is 2.00 bits per heavy atom. The average Bonchev–Trinajstić information content (AvgIpc) is 2.83. The number of rotatable bonds is 8. The van der Waals surface area contributed by atoms with Crippen LogP contribution in [0.2, 0.25) is 0 Å². The summed E-state index contributed by atoms with van der Waals surface area (Å²) in [6.07, 6.45) is 1.81. The molecule has 1 amide bonds. The van der Waals surface area contributed by atoms with Crippen LogP contribution in [0.1, 0.15) is 19.4 Å². The SMILES string of the molecule is CCOc1cc(/C=C2/SC(=S)N(CCOC)C2=O)cc(Br)c1OCC. The molecule has 0 spiro atoms. The van der Waals surface area contributed by atoms with Crippen LogP contribution >= 0.6 is 39.9 Å². The number of amides is 1. The van der Waals surface area contributed by atoms with Gasteiger partial charge in [0, 0.05) is 7.11 Å². The van der Waals surface area contributed by atoms with E-state index in [1.54, 1.807) is 12.0 Å². The molecule has 8 heteroatoms. The average molecular weight is 446 g/mol. The molecular formula is C17H20BrNO4S2. The molecule has 1 aromatic rings. The van der Waals surface area contributed by atoms with Crippen molar-refractivity contribution in [1.29, 1.82) is 0 Å². The van der Waals surface area contributed by atoms with Gasteiger partial charge in [0.1, 0.15) is 4.32 Å². The summed E-state index contributed by atoms with van der Waals surface area (Å²) in [4.78, 5) is 14.7. The lowest BCUT2D eigenvalue weighted by Crippen LogP contribution is -2.31. The molecule has 1 fully saturated rings. The van der Waals surface area contributed by atoms with E-state index in [9.17, 15) is 4.79 Å². The van der Waals surface area contributed by atoms with Crippen LogP contribution in [0, 0.1) is 0 Å². The molecule has 136 valence electrons. The lowest BCUT2D eigenvalue weighted by atomic mass is 10.2. The summed E-state index contributed by atoms with van der Waals surface area (Å²) < 4.78 is 17.7. The zero-order chi connectivity index (χ0) is 18.4. The third-order valence-corrected chi connectivity index (χ3v) is 5.28. The highest BCUT2D eigenvalue weighted by Crippen LogP contribution is 2.39. The first-order valence-electron chi connectivity index (χ1n) is 7.85. The van der Waals surface area contributed by atoms with Gasteiger partial charge in [-0.3, -0.25) is 9.69 Å². The van der Waals surface area contributed by atoms with E-state index in [-0.39, 0.29) is 5.91 Å². The summed E-state index contributed by atoms with van der Waals surface area (Å²) >= 11 is 10.1. The van der Waals surface area contributed by atoms with Crippen LogP contribution < -0.4 is 9.47 Å². The van der Waals surface area contributed by atoms with Gasteiger partial charge in [-0.15, -0.1) is 0 Å². The molecule has 0 atom stereocenters. The molecule has 2 rings (SSSR count). The number of benzene rings is 1.